The molecule has 1 unspecified atom stereocenters. The lowest BCUT2D eigenvalue weighted by molar-refractivity contribution is 0.393. The van der Waals surface area contributed by atoms with Crippen molar-refractivity contribution in [1.29, 1.82) is 0 Å². The Kier molecular flexibility index (Phi) is 6.50. The first-order valence-electron chi connectivity index (χ1n) is 8.24. The van der Waals surface area contributed by atoms with Crippen molar-refractivity contribution >= 4 is 0 Å². The van der Waals surface area contributed by atoms with Gasteiger partial charge in [0.2, 0.25) is 0 Å². The maximum atomic E-state index is 6.09. The molecule has 2 aromatic rings. The van der Waals surface area contributed by atoms with E-state index in [-0.39, 0.29) is 5.92 Å². The second-order valence-corrected chi connectivity index (χ2v) is 5.74. The average Bonchev–Trinajstić information content (AvgIpc) is 2.65. The van der Waals surface area contributed by atoms with Crippen LogP contribution in [-0.2, 0) is 12.8 Å². The number of nitrogens with two attached hydrogens (primary N) is 1. The van der Waals surface area contributed by atoms with Crippen molar-refractivity contribution in [3.8, 4) is 17.2 Å². The lowest BCUT2D eigenvalue weighted by Gasteiger charge is -2.21. The summed E-state index contributed by atoms with van der Waals surface area (Å²) in [5.74, 6) is 2.65. The third kappa shape index (κ3) is 4.01. The fourth-order valence-corrected chi connectivity index (χ4v) is 2.96. The quantitative estimate of drug-likeness (QED) is 0.804. The fraction of sp³-hybridized carbons (Fsp3) is 0.400. The normalized spacial score (nSPS) is 11.9. The van der Waals surface area contributed by atoms with Crippen LogP contribution < -0.4 is 19.9 Å². The van der Waals surface area contributed by atoms with Crippen molar-refractivity contribution in [1.82, 2.24) is 0 Å². The molecule has 2 N–H and O–H groups in total. The number of rotatable bonds is 8. The molecule has 0 bridgehead atoms. The van der Waals surface area contributed by atoms with Crippen LogP contribution >= 0.6 is 0 Å². The van der Waals surface area contributed by atoms with Gasteiger partial charge in [0.1, 0.15) is 17.2 Å². The Morgan fingerprint density at radius 3 is 2.21 bits per heavy atom. The third-order valence-electron chi connectivity index (χ3n) is 4.38. The second kappa shape index (κ2) is 8.60. The van der Waals surface area contributed by atoms with Gasteiger partial charge in [-0.3, -0.25) is 0 Å². The molecule has 0 radical (unpaired) electrons. The summed E-state index contributed by atoms with van der Waals surface area (Å²) in [6.07, 6.45) is 1.78. The zero-order chi connectivity index (χ0) is 17.5. The number of aryl methyl sites for hydroxylation is 1. The van der Waals surface area contributed by atoms with Gasteiger partial charge in [0.15, 0.2) is 0 Å². The molecule has 2 aromatic carbocycles. The summed E-state index contributed by atoms with van der Waals surface area (Å²) < 4.78 is 16.4. The van der Waals surface area contributed by atoms with Crippen LogP contribution in [0.5, 0.6) is 17.2 Å². The highest BCUT2D eigenvalue weighted by Crippen LogP contribution is 2.34. The lowest BCUT2D eigenvalue weighted by atomic mass is 9.90. The third-order valence-corrected chi connectivity index (χ3v) is 4.38. The Balaban J connectivity index is 2.39. The summed E-state index contributed by atoms with van der Waals surface area (Å²) in [5.41, 5.74) is 9.61. The van der Waals surface area contributed by atoms with Crippen molar-refractivity contribution in [3.05, 3.63) is 53.1 Å². The zero-order valence-electron chi connectivity index (χ0n) is 15.0. The SMILES string of the molecule is CCc1ccc(OC)c(CC(CN)c2cc(OC)ccc2OC)c1. The summed E-state index contributed by atoms with van der Waals surface area (Å²) in [5, 5.41) is 0. The van der Waals surface area contributed by atoms with Gasteiger partial charge in [-0.1, -0.05) is 19.1 Å². The standard InChI is InChI=1S/C20H27NO3/c1-5-14-6-8-19(23-3)15(10-14)11-16(13-21)18-12-17(22-2)7-9-20(18)24-4/h6-10,12,16H,5,11,13,21H2,1-4H3. The zero-order valence-corrected chi connectivity index (χ0v) is 15.0. The van der Waals surface area contributed by atoms with Crippen LogP contribution in [0.1, 0.15) is 29.5 Å². The average molecular weight is 329 g/mol. The van der Waals surface area contributed by atoms with E-state index < -0.39 is 0 Å². The minimum absolute atomic E-state index is 0.121. The molecule has 0 saturated heterocycles. The van der Waals surface area contributed by atoms with E-state index in [1.807, 2.05) is 24.3 Å². The Hall–Kier alpha value is -2.20. The first kappa shape index (κ1) is 18.1. The minimum atomic E-state index is 0.121. The second-order valence-electron chi connectivity index (χ2n) is 5.74. The van der Waals surface area contributed by atoms with E-state index in [9.17, 15) is 0 Å². The molecule has 4 heteroatoms. The van der Waals surface area contributed by atoms with Gasteiger partial charge in [-0.15, -0.1) is 0 Å². The largest absolute Gasteiger partial charge is 0.497 e. The summed E-state index contributed by atoms with van der Waals surface area (Å²) in [7, 11) is 5.04. The van der Waals surface area contributed by atoms with Gasteiger partial charge in [-0.25, -0.2) is 0 Å². The van der Waals surface area contributed by atoms with Gasteiger partial charge < -0.3 is 19.9 Å². The number of hydrogen-bond acceptors (Lipinski definition) is 4. The van der Waals surface area contributed by atoms with Crippen LogP contribution in [0.2, 0.25) is 0 Å². The molecule has 0 aliphatic heterocycles. The lowest BCUT2D eigenvalue weighted by Crippen LogP contribution is -2.16. The summed E-state index contributed by atoms with van der Waals surface area (Å²) >= 11 is 0. The van der Waals surface area contributed by atoms with Crippen LogP contribution in [-0.4, -0.2) is 27.9 Å². The van der Waals surface area contributed by atoms with Gasteiger partial charge in [0.05, 0.1) is 21.3 Å². The van der Waals surface area contributed by atoms with Crippen LogP contribution in [0, 0.1) is 0 Å². The van der Waals surface area contributed by atoms with Crippen LogP contribution in [0.15, 0.2) is 36.4 Å². The molecule has 0 saturated carbocycles. The van der Waals surface area contributed by atoms with Crippen molar-refractivity contribution in [2.75, 3.05) is 27.9 Å². The van der Waals surface area contributed by atoms with Crippen LogP contribution in [0.25, 0.3) is 0 Å². The molecular formula is C20H27NO3. The van der Waals surface area contributed by atoms with Crippen molar-refractivity contribution in [2.24, 2.45) is 5.73 Å². The number of benzene rings is 2. The molecule has 0 fully saturated rings. The number of ether oxygens (including phenoxy) is 3. The summed E-state index contributed by atoms with van der Waals surface area (Å²) in [4.78, 5) is 0. The van der Waals surface area contributed by atoms with Gasteiger partial charge in [-0.05, 0) is 54.8 Å². The van der Waals surface area contributed by atoms with E-state index in [1.165, 1.54) is 5.56 Å². The molecule has 2 rings (SSSR count). The molecular weight excluding hydrogens is 302 g/mol. The van der Waals surface area contributed by atoms with Gasteiger partial charge in [-0.2, -0.15) is 0 Å². The molecule has 0 amide bonds. The smallest absolute Gasteiger partial charge is 0.122 e. The van der Waals surface area contributed by atoms with E-state index in [0.717, 1.165) is 41.2 Å². The first-order valence-corrected chi connectivity index (χ1v) is 8.24. The van der Waals surface area contributed by atoms with Gasteiger partial charge in [0, 0.05) is 11.5 Å². The highest BCUT2D eigenvalue weighted by molar-refractivity contribution is 5.45. The predicted molar refractivity (Wildman–Crippen MR) is 97.4 cm³/mol. The Morgan fingerprint density at radius 1 is 0.917 bits per heavy atom. The van der Waals surface area contributed by atoms with E-state index in [0.29, 0.717) is 6.54 Å². The number of methoxy groups -OCH3 is 3. The van der Waals surface area contributed by atoms with E-state index in [2.05, 4.69) is 19.1 Å². The predicted octanol–water partition coefficient (Wildman–Crippen LogP) is 3.56. The van der Waals surface area contributed by atoms with Crippen LogP contribution in [0.4, 0.5) is 0 Å². The maximum absolute atomic E-state index is 6.09. The molecule has 0 heterocycles. The molecule has 0 aromatic heterocycles. The molecule has 4 nitrogen and oxygen atoms in total. The molecule has 24 heavy (non-hydrogen) atoms. The van der Waals surface area contributed by atoms with Gasteiger partial charge in [0.25, 0.3) is 0 Å². The Labute approximate surface area is 144 Å². The monoisotopic (exact) mass is 329 g/mol. The van der Waals surface area contributed by atoms with E-state index >= 15 is 0 Å². The highest BCUT2D eigenvalue weighted by Gasteiger charge is 2.18. The first-order chi connectivity index (χ1) is 11.7. The molecule has 1 atom stereocenters. The van der Waals surface area contributed by atoms with Gasteiger partial charge >= 0.3 is 0 Å². The van der Waals surface area contributed by atoms with Crippen LogP contribution in [0.3, 0.4) is 0 Å². The molecule has 130 valence electrons. The van der Waals surface area contributed by atoms with E-state index in [1.54, 1.807) is 21.3 Å². The maximum Gasteiger partial charge on any atom is 0.122 e. The Morgan fingerprint density at radius 2 is 1.62 bits per heavy atom. The number of hydrogen-bond donors (Lipinski definition) is 1. The Bertz CT molecular complexity index is 670. The van der Waals surface area contributed by atoms with Crippen molar-refractivity contribution < 1.29 is 14.2 Å². The fourth-order valence-electron chi connectivity index (χ4n) is 2.96. The highest BCUT2D eigenvalue weighted by atomic mass is 16.5. The van der Waals surface area contributed by atoms with E-state index in [4.69, 9.17) is 19.9 Å². The minimum Gasteiger partial charge on any atom is -0.497 e. The van der Waals surface area contributed by atoms with Crippen molar-refractivity contribution in [2.45, 2.75) is 25.7 Å². The summed E-state index contributed by atoms with van der Waals surface area (Å²) in [6, 6.07) is 12.2. The molecule has 0 spiro atoms. The van der Waals surface area contributed by atoms with Crippen molar-refractivity contribution in [3.63, 3.8) is 0 Å². The summed E-state index contributed by atoms with van der Waals surface area (Å²) in [6.45, 7) is 2.67. The topological polar surface area (TPSA) is 53.7 Å². The molecule has 0 aliphatic carbocycles. The molecule has 0 aliphatic rings.